The number of carbonyl (C=O) groups excluding carboxylic acids is 3. The Morgan fingerprint density at radius 3 is 2.62 bits per heavy atom. The summed E-state index contributed by atoms with van der Waals surface area (Å²) < 4.78 is 6.65. The number of urea groups is 1. The molecular weight excluding hydrogens is 360 g/mol. The number of hydrogen-bond donors (Lipinski definition) is 1. The van der Waals surface area contributed by atoms with Crippen molar-refractivity contribution in [1.29, 1.82) is 0 Å². The number of nitrogens with one attached hydrogen (secondary N) is 1. The van der Waals surface area contributed by atoms with Gasteiger partial charge in [0.1, 0.15) is 10.7 Å². The molecule has 1 saturated heterocycles. The van der Waals surface area contributed by atoms with Gasteiger partial charge in [-0.2, -0.15) is 5.10 Å². The molecule has 1 N–H and O–H groups in total. The number of imide groups is 1. The number of carbonyl (C=O) groups is 3. The molecule has 0 saturated carbocycles. The predicted octanol–water partition coefficient (Wildman–Crippen LogP) is 1.93. The first-order chi connectivity index (χ1) is 12.4. The van der Waals surface area contributed by atoms with Crippen LogP contribution in [0.15, 0.2) is 30.3 Å². The summed E-state index contributed by atoms with van der Waals surface area (Å²) in [7, 11) is 0. The van der Waals surface area contributed by atoms with E-state index in [9.17, 15) is 14.4 Å². The summed E-state index contributed by atoms with van der Waals surface area (Å²) in [6.07, 6.45) is -1.12. The average molecular weight is 377 g/mol. The fourth-order valence-corrected chi connectivity index (χ4v) is 2.99. The number of para-hydroxylation sites is 1. The molecule has 1 fully saturated rings. The average Bonchev–Trinajstić information content (AvgIpc) is 3.17. The quantitative estimate of drug-likeness (QED) is 0.823. The zero-order valence-electron chi connectivity index (χ0n) is 14.2. The number of benzene rings is 1. The first kappa shape index (κ1) is 17.9. The van der Waals surface area contributed by atoms with Crippen molar-refractivity contribution < 1.29 is 19.1 Å². The van der Waals surface area contributed by atoms with Gasteiger partial charge in [-0.3, -0.25) is 9.69 Å². The van der Waals surface area contributed by atoms with E-state index in [-0.39, 0.29) is 17.3 Å². The SMILES string of the molecule is Cc1nn(-c2ccccc2)c(Cl)c1C(=O)O[C@@H](C)C(=O)N1CCNC1=O. The zero-order chi connectivity index (χ0) is 18.8. The second-order valence-electron chi connectivity index (χ2n) is 5.77. The molecular formula is C17H17ClN4O4. The van der Waals surface area contributed by atoms with Crippen molar-refractivity contribution in [3.63, 3.8) is 0 Å². The summed E-state index contributed by atoms with van der Waals surface area (Å²) in [6, 6.07) is 8.59. The van der Waals surface area contributed by atoms with Gasteiger partial charge in [0.2, 0.25) is 0 Å². The molecule has 0 unspecified atom stereocenters. The molecule has 0 bridgehead atoms. The van der Waals surface area contributed by atoms with Crippen molar-refractivity contribution in [2.24, 2.45) is 0 Å². The van der Waals surface area contributed by atoms with Crippen LogP contribution in [0.1, 0.15) is 23.0 Å². The van der Waals surface area contributed by atoms with Crippen molar-refractivity contribution in [2.75, 3.05) is 13.1 Å². The summed E-state index contributed by atoms with van der Waals surface area (Å²) in [6.45, 7) is 3.66. The Morgan fingerprint density at radius 2 is 2.00 bits per heavy atom. The van der Waals surface area contributed by atoms with E-state index in [0.29, 0.717) is 17.9 Å². The number of esters is 1. The van der Waals surface area contributed by atoms with Gasteiger partial charge in [0, 0.05) is 13.1 Å². The number of ether oxygens (including phenoxy) is 1. The number of nitrogens with zero attached hydrogens (tertiary/aromatic N) is 3. The molecule has 8 nitrogen and oxygen atoms in total. The van der Waals surface area contributed by atoms with Gasteiger partial charge in [-0.15, -0.1) is 0 Å². The van der Waals surface area contributed by atoms with Crippen LogP contribution in [0.25, 0.3) is 5.69 Å². The fraction of sp³-hybridized carbons (Fsp3) is 0.294. The molecule has 2 aromatic rings. The lowest BCUT2D eigenvalue weighted by atomic mass is 10.2. The van der Waals surface area contributed by atoms with E-state index in [1.807, 2.05) is 18.2 Å². The summed E-state index contributed by atoms with van der Waals surface area (Å²) in [5.74, 6) is -1.35. The Hall–Kier alpha value is -2.87. The third kappa shape index (κ3) is 3.28. The molecule has 9 heteroatoms. The van der Waals surface area contributed by atoms with Crippen molar-refractivity contribution in [3.05, 3.63) is 46.7 Å². The van der Waals surface area contributed by atoms with Crippen molar-refractivity contribution >= 4 is 29.5 Å². The molecule has 0 aliphatic carbocycles. The minimum absolute atomic E-state index is 0.0843. The van der Waals surface area contributed by atoms with Gasteiger partial charge in [0.25, 0.3) is 5.91 Å². The van der Waals surface area contributed by atoms with E-state index < -0.39 is 24.0 Å². The van der Waals surface area contributed by atoms with E-state index in [1.54, 1.807) is 19.1 Å². The highest BCUT2D eigenvalue weighted by Gasteiger charge is 2.33. The van der Waals surface area contributed by atoms with Crippen molar-refractivity contribution in [3.8, 4) is 5.69 Å². The van der Waals surface area contributed by atoms with Crippen molar-refractivity contribution in [2.45, 2.75) is 20.0 Å². The number of aromatic nitrogens is 2. The first-order valence-corrected chi connectivity index (χ1v) is 8.38. The molecule has 3 amide bonds. The molecule has 1 aliphatic heterocycles. The van der Waals surface area contributed by atoms with Crippen molar-refractivity contribution in [1.82, 2.24) is 20.0 Å². The second kappa shape index (κ2) is 7.17. The minimum atomic E-state index is -1.12. The van der Waals surface area contributed by atoms with Gasteiger partial charge < -0.3 is 10.1 Å². The Morgan fingerprint density at radius 1 is 1.31 bits per heavy atom. The molecule has 1 aromatic carbocycles. The third-order valence-corrected chi connectivity index (χ3v) is 4.31. The molecule has 26 heavy (non-hydrogen) atoms. The maximum Gasteiger partial charge on any atom is 0.344 e. The summed E-state index contributed by atoms with van der Waals surface area (Å²) in [4.78, 5) is 37.3. The lowest BCUT2D eigenvalue weighted by Gasteiger charge is -2.18. The zero-order valence-corrected chi connectivity index (χ0v) is 15.0. The first-order valence-electron chi connectivity index (χ1n) is 8.01. The summed E-state index contributed by atoms with van der Waals surface area (Å²) in [5.41, 5.74) is 1.15. The fourth-order valence-electron chi connectivity index (χ4n) is 2.64. The van der Waals surface area contributed by atoms with E-state index in [4.69, 9.17) is 16.3 Å². The lowest BCUT2D eigenvalue weighted by molar-refractivity contribution is -0.136. The van der Waals surface area contributed by atoms with Crippen LogP contribution in [0, 0.1) is 6.92 Å². The van der Waals surface area contributed by atoms with Crippen LogP contribution in [0.5, 0.6) is 0 Å². The number of amides is 3. The van der Waals surface area contributed by atoms with Gasteiger partial charge >= 0.3 is 12.0 Å². The molecule has 1 aromatic heterocycles. The number of halogens is 1. The molecule has 1 atom stereocenters. The number of rotatable bonds is 4. The minimum Gasteiger partial charge on any atom is -0.449 e. The topological polar surface area (TPSA) is 93.5 Å². The van der Waals surface area contributed by atoms with Gasteiger partial charge in [-0.05, 0) is 26.0 Å². The Balaban J connectivity index is 1.79. The van der Waals surface area contributed by atoms with E-state index in [0.717, 1.165) is 4.90 Å². The number of aryl methyl sites for hydroxylation is 1. The van der Waals surface area contributed by atoms with Crippen LogP contribution in [0.2, 0.25) is 5.15 Å². The van der Waals surface area contributed by atoms with Gasteiger partial charge in [0.15, 0.2) is 6.10 Å². The smallest absolute Gasteiger partial charge is 0.344 e. The van der Waals surface area contributed by atoms with E-state index in [1.165, 1.54) is 11.6 Å². The maximum absolute atomic E-state index is 12.5. The predicted molar refractivity (Wildman–Crippen MR) is 93.3 cm³/mol. The van der Waals surface area contributed by atoms with Crippen LogP contribution in [0.4, 0.5) is 4.79 Å². The summed E-state index contributed by atoms with van der Waals surface area (Å²) >= 11 is 6.31. The Kier molecular flexibility index (Phi) is 4.94. The third-order valence-electron chi connectivity index (χ3n) is 3.96. The number of hydrogen-bond acceptors (Lipinski definition) is 5. The molecule has 136 valence electrons. The molecule has 1 aliphatic rings. The van der Waals surface area contributed by atoms with Gasteiger partial charge in [-0.25, -0.2) is 14.3 Å². The largest absolute Gasteiger partial charge is 0.449 e. The van der Waals surface area contributed by atoms with E-state index >= 15 is 0 Å². The monoisotopic (exact) mass is 376 g/mol. The van der Waals surface area contributed by atoms with Crippen LogP contribution in [-0.4, -0.2) is 51.8 Å². The standard InChI is InChI=1S/C17H17ClN4O4/c1-10-13(14(18)22(20-10)12-6-4-3-5-7-12)16(24)26-11(2)15(23)21-9-8-19-17(21)25/h3-7,11H,8-9H2,1-2H3,(H,19,25)/t11-/m0/s1. The Labute approximate surface area is 154 Å². The maximum atomic E-state index is 12.5. The second-order valence-corrected chi connectivity index (χ2v) is 6.13. The molecule has 0 radical (unpaired) electrons. The highest BCUT2D eigenvalue weighted by molar-refractivity contribution is 6.33. The van der Waals surface area contributed by atoms with Gasteiger partial charge in [0.05, 0.1) is 11.4 Å². The molecule has 2 heterocycles. The molecule has 3 rings (SSSR count). The Bertz CT molecular complexity index is 865. The van der Waals surface area contributed by atoms with Crippen LogP contribution >= 0.6 is 11.6 Å². The van der Waals surface area contributed by atoms with Crippen LogP contribution in [-0.2, 0) is 9.53 Å². The highest BCUT2D eigenvalue weighted by atomic mass is 35.5. The highest BCUT2D eigenvalue weighted by Crippen LogP contribution is 2.24. The van der Waals surface area contributed by atoms with Crippen LogP contribution < -0.4 is 5.32 Å². The lowest BCUT2D eigenvalue weighted by Crippen LogP contribution is -2.41. The van der Waals surface area contributed by atoms with Gasteiger partial charge in [-0.1, -0.05) is 29.8 Å². The molecule has 0 spiro atoms. The van der Waals surface area contributed by atoms with Crippen LogP contribution in [0.3, 0.4) is 0 Å². The summed E-state index contributed by atoms with van der Waals surface area (Å²) in [5, 5.41) is 6.88. The normalized spacial score (nSPS) is 14.9. The van der Waals surface area contributed by atoms with E-state index in [2.05, 4.69) is 10.4 Å².